The second-order valence-corrected chi connectivity index (χ2v) is 3.33. The van der Waals surface area contributed by atoms with E-state index in [1.807, 2.05) is 0 Å². The Balaban J connectivity index is 2.67. The molecule has 0 fully saturated rings. The molecular formula is C8H8ClN5O. The molecule has 0 saturated carbocycles. The lowest BCUT2D eigenvalue weighted by Crippen LogP contribution is -2.18. The Morgan fingerprint density at radius 2 is 2.27 bits per heavy atom. The fourth-order valence-electron chi connectivity index (χ4n) is 1.22. The van der Waals surface area contributed by atoms with Gasteiger partial charge >= 0.3 is 0 Å². The Morgan fingerprint density at radius 3 is 2.93 bits per heavy atom. The molecule has 2 aromatic heterocycles. The molecule has 1 amide bonds. The summed E-state index contributed by atoms with van der Waals surface area (Å²) in [7, 11) is 0. The van der Waals surface area contributed by atoms with Gasteiger partial charge in [0.15, 0.2) is 11.5 Å². The third-order valence-electron chi connectivity index (χ3n) is 1.84. The van der Waals surface area contributed by atoms with Crippen molar-refractivity contribution in [1.29, 1.82) is 0 Å². The van der Waals surface area contributed by atoms with Crippen LogP contribution in [0.1, 0.15) is 12.7 Å². The van der Waals surface area contributed by atoms with Crippen molar-refractivity contribution in [3.63, 3.8) is 0 Å². The Kier molecular flexibility index (Phi) is 2.28. The highest BCUT2D eigenvalue weighted by Crippen LogP contribution is 2.22. The van der Waals surface area contributed by atoms with E-state index in [4.69, 9.17) is 11.8 Å². The average molecular weight is 226 g/mol. The second-order valence-electron chi connectivity index (χ2n) is 3.00. The molecule has 0 radical (unpaired) electrons. The van der Waals surface area contributed by atoms with E-state index in [0.717, 1.165) is 4.42 Å². The maximum atomic E-state index is 11.1. The number of H-pyrrole nitrogens is 1. The highest BCUT2D eigenvalue weighted by molar-refractivity contribution is 6.37. The highest BCUT2D eigenvalue weighted by atomic mass is 35.5. The fraction of sp³-hybridized carbons (Fsp3) is 0.250. The van der Waals surface area contributed by atoms with Crippen LogP contribution in [0, 0.1) is 6.92 Å². The van der Waals surface area contributed by atoms with Crippen LogP contribution in [0.3, 0.4) is 0 Å². The van der Waals surface area contributed by atoms with Crippen molar-refractivity contribution in [2.24, 2.45) is 0 Å². The minimum Gasteiger partial charge on any atom is -0.340 e. The quantitative estimate of drug-likeness (QED) is 0.740. The van der Waals surface area contributed by atoms with E-state index in [9.17, 15) is 4.79 Å². The number of aromatic amines is 1. The van der Waals surface area contributed by atoms with Gasteiger partial charge in [0.05, 0.1) is 6.33 Å². The molecule has 2 heterocycles. The lowest BCUT2D eigenvalue weighted by molar-refractivity contribution is -0.115. The number of nitrogens with one attached hydrogen (secondary N) is 1. The first-order valence-electron chi connectivity index (χ1n) is 4.24. The van der Waals surface area contributed by atoms with Crippen molar-refractivity contribution in [1.82, 2.24) is 19.9 Å². The van der Waals surface area contributed by atoms with Gasteiger partial charge in [-0.05, 0) is 6.92 Å². The van der Waals surface area contributed by atoms with Crippen molar-refractivity contribution in [2.45, 2.75) is 13.8 Å². The third kappa shape index (κ3) is 1.63. The Labute approximate surface area is 90.4 Å². The summed E-state index contributed by atoms with van der Waals surface area (Å²) in [4.78, 5) is 26.1. The molecule has 0 spiro atoms. The molecular weight excluding hydrogens is 218 g/mol. The van der Waals surface area contributed by atoms with Crippen LogP contribution in [0.15, 0.2) is 6.33 Å². The topological polar surface area (TPSA) is 74.8 Å². The number of nitrogens with zero attached hydrogens (tertiary/aromatic N) is 4. The molecule has 0 aliphatic rings. The first-order chi connectivity index (χ1) is 7.09. The van der Waals surface area contributed by atoms with Crippen LogP contribution in [-0.4, -0.2) is 25.8 Å². The zero-order valence-corrected chi connectivity index (χ0v) is 8.91. The number of aryl methyl sites for hydroxylation is 1. The minimum atomic E-state index is -0.314. The van der Waals surface area contributed by atoms with Crippen LogP contribution in [0.2, 0.25) is 0 Å². The lowest BCUT2D eigenvalue weighted by atomic mass is 10.4. The normalized spacial score (nSPS) is 10.6. The van der Waals surface area contributed by atoms with Gasteiger partial charge in [-0.15, -0.1) is 0 Å². The number of imidazole rings is 1. The van der Waals surface area contributed by atoms with Gasteiger partial charge in [0.1, 0.15) is 11.3 Å². The van der Waals surface area contributed by atoms with E-state index < -0.39 is 0 Å². The van der Waals surface area contributed by atoms with Crippen LogP contribution >= 0.6 is 11.8 Å². The Hall–Kier alpha value is -1.69. The number of hydrogen-bond acceptors (Lipinski definition) is 4. The number of carbonyl (C=O) groups excluding carboxylic acids is 1. The van der Waals surface area contributed by atoms with E-state index in [1.165, 1.54) is 13.3 Å². The van der Waals surface area contributed by atoms with Crippen LogP contribution in [0.5, 0.6) is 0 Å². The summed E-state index contributed by atoms with van der Waals surface area (Å²) < 4.78 is 0.940. The average Bonchev–Trinajstić information content (AvgIpc) is 2.62. The SMILES string of the molecule is CC(=O)N(Cl)c1nc(C)nc2nc[nH]c12. The van der Waals surface area contributed by atoms with E-state index in [-0.39, 0.29) is 5.91 Å². The van der Waals surface area contributed by atoms with Crippen molar-refractivity contribution in [3.05, 3.63) is 12.2 Å². The molecule has 0 aromatic carbocycles. The van der Waals surface area contributed by atoms with Gasteiger partial charge in [0.2, 0.25) is 5.91 Å². The van der Waals surface area contributed by atoms with E-state index in [2.05, 4.69) is 19.9 Å². The molecule has 0 atom stereocenters. The van der Waals surface area contributed by atoms with Crippen molar-refractivity contribution in [3.8, 4) is 0 Å². The Bertz CT molecular complexity index is 523. The van der Waals surface area contributed by atoms with Gasteiger partial charge in [-0.25, -0.2) is 19.4 Å². The number of halogens is 1. The molecule has 1 N–H and O–H groups in total. The standard InChI is InChI=1S/C8H8ClN5O/c1-4-12-7-6(10-3-11-7)8(13-4)14(9)5(2)15/h3H,1-2H3,(H,10,11,12,13). The molecule has 0 unspecified atom stereocenters. The number of hydrogen-bond donors (Lipinski definition) is 1. The molecule has 2 aromatic rings. The second kappa shape index (κ2) is 3.47. The summed E-state index contributed by atoms with van der Waals surface area (Å²) in [6.45, 7) is 3.06. The van der Waals surface area contributed by atoms with Gasteiger partial charge in [0, 0.05) is 18.7 Å². The van der Waals surface area contributed by atoms with Crippen molar-refractivity contribution >= 4 is 34.7 Å². The third-order valence-corrected chi connectivity index (χ3v) is 2.24. The number of anilines is 1. The van der Waals surface area contributed by atoms with Gasteiger partial charge in [-0.1, -0.05) is 0 Å². The smallest absolute Gasteiger partial charge is 0.239 e. The number of amides is 1. The summed E-state index contributed by atoms with van der Waals surface area (Å²) in [5.74, 6) is 0.520. The first-order valence-corrected chi connectivity index (χ1v) is 4.57. The largest absolute Gasteiger partial charge is 0.340 e. The van der Waals surface area contributed by atoms with E-state index in [1.54, 1.807) is 6.92 Å². The van der Waals surface area contributed by atoms with Crippen LogP contribution in [0.25, 0.3) is 11.2 Å². The molecule has 0 aliphatic carbocycles. The number of fused-ring (bicyclic) bond motifs is 1. The summed E-state index contributed by atoms with van der Waals surface area (Å²) in [6, 6.07) is 0. The van der Waals surface area contributed by atoms with E-state index >= 15 is 0 Å². The minimum absolute atomic E-state index is 0.314. The predicted octanol–water partition coefficient (Wildman–Crippen LogP) is 1.17. The molecule has 2 rings (SSSR count). The Morgan fingerprint density at radius 1 is 1.53 bits per heavy atom. The summed E-state index contributed by atoms with van der Waals surface area (Å²) in [6.07, 6.45) is 1.48. The summed E-state index contributed by atoms with van der Waals surface area (Å²) >= 11 is 5.79. The fourth-order valence-corrected chi connectivity index (χ4v) is 1.34. The maximum absolute atomic E-state index is 11.1. The molecule has 0 aliphatic heterocycles. The molecule has 15 heavy (non-hydrogen) atoms. The number of carbonyl (C=O) groups is 1. The van der Waals surface area contributed by atoms with E-state index in [0.29, 0.717) is 22.8 Å². The molecule has 6 nitrogen and oxygen atoms in total. The number of rotatable bonds is 1. The first kappa shape index (κ1) is 9.85. The molecule has 0 saturated heterocycles. The lowest BCUT2D eigenvalue weighted by Gasteiger charge is -2.10. The summed E-state index contributed by atoms with van der Waals surface area (Å²) in [5.41, 5.74) is 1.04. The van der Waals surface area contributed by atoms with Gasteiger partial charge in [-0.3, -0.25) is 4.79 Å². The van der Waals surface area contributed by atoms with Crippen LogP contribution in [0.4, 0.5) is 5.82 Å². The zero-order chi connectivity index (χ0) is 11.0. The van der Waals surface area contributed by atoms with Crippen molar-refractivity contribution in [2.75, 3.05) is 4.42 Å². The zero-order valence-electron chi connectivity index (χ0n) is 8.15. The summed E-state index contributed by atoms with van der Waals surface area (Å²) in [5, 5.41) is 0. The molecule has 7 heteroatoms. The van der Waals surface area contributed by atoms with Gasteiger partial charge < -0.3 is 4.98 Å². The van der Waals surface area contributed by atoms with Crippen LogP contribution < -0.4 is 4.42 Å². The predicted molar refractivity (Wildman–Crippen MR) is 55.4 cm³/mol. The molecule has 0 bridgehead atoms. The monoisotopic (exact) mass is 225 g/mol. The van der Waals surface area contributed by atoms with Gasteiger partial charge in [-0.2, -0.15) is 0 Å². The number of aromatic nitrogens is 4. The van der Waals surface area contributed by atoms with Crippen molar-refractivity contribution < 1.29 is 4.79 Å². The van der Waals surface area contributed by atoms with Crippen LogP contribution in [-0.2, 0) is 4.79 Å². The maximum Gasteiger partial charge on any atom is 0.239 e. The highest BCUT2D eigenvalue weighted by Gasteiger charge is 2.16. The molecule has 78 valence electrons. The van der Waals surface area contributed by atoms with Gasteiger partial charge in [0.25, 0.3) is 0 Å².